The van der Waals surface area contributed by atoms with Gasteiger partial charge in [-0.2, -0.15) is 0 Å². The minimum absolute atomic E-state index is 0.243. The number of aromatic amines is 1. The predicted octanol–water partition coefficient (Wildman–Crippen LogP) is 3.90. The Morgan fingerprint density at radius 3 is 2.79 bits per heavy atom. The van der Waals surface area contributed by atoms with Crippen molar-refractivity contribution in [2.24, 2.45) is 0 Å². The number of likely N-dealkylation sites (tertiary alicyclic amines) is 1. The summed E-state index contributed by atoms with van der Waals surface area (Å²) < 4.78 is 7.13. The number of nitrogens with zero attached hydrogens (tertiary/aromatic N) is 2. The molecule has 1 N–H and O–H groups in total. The second-order valence-electron chi connectivity index (χ2n) is 7.11. The Labute approximate surface area is 145 Å². The van der Waals surface area contributed by atoms with Crippen molar-refractivity contribution in [2.45, 2.75) is 51.8 Å². The lowest BCUT2D eigenvalue weighted by Crippen LogP contribution is -2.45. The minimum atomic E-state index is -0.576. The molecule has 0 spiro atoms. The summed E-state index contributed by atoms with van der Waals surface area (Å²) in [5.41, 5.74) is 0.591. The number of amides is 1. The minimum Gasteiger partial charge on any atom is -0.444 e. The zero-order chi connectivity index (χ0) is 17.5. The lowest BCUT2D eigenvalue weighted by atomic mass is 10.1. The van der Waals surface area contributed by atoms with Gasteiger partial charge in [0.2, 0.25) is 0 Å². The summed E-state index contributed by atoms with van der Waals surface area (Å²) >= 11 is 6.09. The number of halogens is 1. The van der Waals surface area contributed by atoms with Crippen LogP contribution in [-0.2, 0) is 4.74 Å². The van der Waals surface area contributed by atoms with Crippen molar-refractivity contribution >= 4 is 28.7 Å². The quantitative estimate of drug-likeness (QED) is 0.847. The second-order valence-corrected chi connectivity index (χ2v) is 7.55. The number of fused-ring (bicyclic) bond motifs is 1. The van der Waals surface area contributed by atoms with E-state index < -0.39 is 11.7 Å². The van der Waals surface area contributed by atoms with Gasteiger partial charge in [-0.15, -0.1) is 0 Å². The maximum Gasteiger partial charge on any atom is 0.411 e. The van der Waals surface area contributed by atoms with Crippen molar-refractivity contribution in [3.05, 3.63) is 33.7 Å². The number of piperidine rings is 1. The fourth-order valence-corrected chi connectivity index (χ4v) is 3.27. The number of hydrogen-bond acceptors (Lipinski definition) is 3. The molecular formula is C17H22ClN3O3. The Balaban J connectivity index is 2.02. The molecule has 1 aromatic heterocycles. The van der Waals surface area contributed by atoms with Crippen LogP contribution in [0.5, 0.6) is 0 Å². The SMILES string of the molecule is CC(C)(C)OC(=O)N1CCCCC1n1c(=O)[nH]c2ccc(Cl)cc21. The standard InChI is InChI=1S/C17H22ClN3O3/c1-17(2,3)24-16(23)20-9-5-4-6-14(20)21-13-10-11(18)7-8-12(13)19-15(21)22/h7-8,10,14H,4-6,9H2,1-3H3,(H,19,22). The van der Waals surface area contributed by atoms with Crippen LogP contribution < -0.4 is 5.69 Å². The predicted molar refractivity (Wildman–Crippen MR) is 93.4 cm³/mol. The van der Waals surface area contributed by atoms with E-state index in [4.69, 9.17) is 16.3 Å². The van der Waals surface area contributed by atoms with Crippen LogP contribution in [0.4, 0.5) is 4.79 Å². The average Bonchev–Trinajstić information content (AvgIpc) is 2.80. The highest BCUT2D eigenvalue weighted by atomic mass is 35.5. The van der Waals surface area contributed by atoms with Gasteiger partial charge in [-0.05, 0) is 58.2 Å². The van der Waals surface area contributed by atoms with Gasteiger partial charge >= 0.3 is 11.8 Å². The number of H-pyrrole nitrogens is 1. The Bertz CT molecular complexity index is 819. The molecule has 1 amide bonds. The maximum atomic E-state index is 12.6. The Hall–Kier alpha value is -1.95. The molecule has 1 atom stereocenters. The van der Waals surface area contributed by atoms with Gasteiger partial charge in [-0.25, -0.2) is 9.59 Å². The van der Waals surface area contributed by atoms with Crippen molar-refractivity contribution in [3.63, 3.8) is 0 Å². The van der Waals surface area contributed by atoms with Crippen LogP contribution in [0.25, 0.3) is 11.0 Å². The van der Waals surface area contributed by atoms with Crippen LogP contribution in [0.1, 0.15) is 46.2 Å². The molecule has 130 valence electrons. The van der Waals surface area contributed by atoms with Gasteiger partial charge in [0.15, 0.2) is 0 Å². The number of nitrogens with one attached hydrogen (secondary N) is 1. The first kappa shape index (κ1) is 16.9. The maximum absolute atomic E-state index is 12.6. The van der Waals surface area contributed by atoms with Gasteiger partial charge in [0, 0.05) is 11.6 Å². The van der Waals surface area contributed by atoms with Gasteiger partial charge < -0.3 is 9.72 Å². The molecule has 2 heterocycles. The number of carbonyl (C=O) groups is 1. The van der Waals surface area contributed by atoms with Crippen LogP contribution >= 0.6 is 11.6 Å². The van der Waals surface area contributed by atoms with Gasteiger partial charge in [0.25, 0.3) is 0 Å². The first-order valence-corrected chi connectivity index (χ1v) is 8.53. The molecule has 1 aliphatic heterocycles. The van der Waals surface area contributed by atoms with Crippen LogP contribution in [0.3, 0.4) is 0 Å². The molecule has 3 rings (SSSR count). The molecular weight excluding hydrogens is 330 g/mol. The molecule has 0 bridgehead atoms. The van der Waals surface area contributed by atoms with E-state index in [1.54, 1.807) is 27.7 Å². The molecule has 1 fully saturated rings. The van der Waals surface area contributed by atoms with E-state index in [2.05, 4.69) is 4.98 Å². The molecule has 6 nitrogen and oxygen atoms in total. The van der Waals surface area contributed by atoms with Crippen LogP contribution in [0, 0.1) is 0 Å². The number of imidazole rings is 1. The largest absolute Gasteiger partial charge is 0.444 e. The summed E-state index contributed by atoms with van der Waals surface area (Å²) in [6.45, 7) is 6.07. The van der Waals surface area contributed by atoms with Gasteiger partial charge in [0.05, 0.1) is 11.0 Å². The Morgan fingerprint density at radius 1 is 1.33 bits per heavy atom. The summed E-state index contributed by atoms with van der Waals surface area (Å²) in [7, 11) is 0. The molecule has 7 heteroatoms. The zero-order valence-electron chi connectivity index (χ0n) is 14.1. The molecule has 2 aromatic rings. The van der Waals surface area contributed by atoms with E-state index >= 15 is 0 Å². The van der Waals surface area contributed by atoms with Crippen molar-refractivity contribution in [1.82, 2.24) is 14.5 Å². The van der Waals surface area contributed by atoms with Crippen molar-refractivity contribution < 1.29 is 9.53 Å². The highest BCUT2D eigenvalue weighted by Crippen LogP contribution is 2.30. The first-order valence-electron chi connectivity index (χ1n) is 8.16. The molecule has 0 aliphatic carbocycles. The van der Waals surface area contributed by atoms with Crippen molar-refractivity contribution in [1.29, 1.82) is 0 Å². The third-order valence-electron chi connectivity index (χ3n) is 4.08. The summed E-state index contributed by atoms with van der Waals surface area (Å²) in [4.78, 5) is 29.5. The van der Waals surface area contributed by atoms with E-state index in [0.717, 1.165) is 12.8 Å². The van der Waals surface area contributed by atoms with Gasteiger partial charge in [-0.3, -0.25) is 9.47 Å². The highest BCUT2D eigenvalue weighted by molar-refractivity contribution is 6.31. The van der Waals surface area contributed by atoms with Crippen LogP contribution in [0.2, 0.25) is 5.02 Å². The van der Waals surface area contributed by atoms with Crippen LogP contribution in [-0.4, -0.2) is 32.7 Å². The summed E-state index contributed by atoms with van der Waals surface area (Å²) in [5, 5.41) is 0.551. The lowest BCUT2D eigenvalue weighted by Gasteiger charge is -2.37. The summed E-state index contributed by atoms with van der Waals surface area (Å²) in [6, 6.07) is 5.25. The Morgan fingerprint density at radius 2 is 2.08 bits per heavy atom. The number of aromatic nitrogens is 2. The zero-order valence-corrected chi connectivity index (χ0v) is 14.9. The lowest BCUT2D eigenvalue weighted by molar-refractivity contribution is -0.000962. The van der Waals surface area contributed by atoms with Crippen LogP contribution in [0.15, 0.2) is 23.0 Å². The topological polar surface area (TPSA) is 67.3 Å². The normalized spacial score (nSPS) is 18.8. The van der Waals surface area contributed by atoms with E-state index in [9.17, 15) is 9.59 Å². The third-order valence-corrected chi connectivity index (χ3v) is 4.31. The first-order chi connectivity index (χ1) is 11.3. The fraction of sp³-hybridized carbons (Fsp3) is 0.529. The number of benzene rings is 1. The highest BCUT2D eigenvalue weighted by Gasteiger charge is 2.33. The summed E-state index contributed by atoms with van der Waals surface area (Å²) in [5.74, 6) is 0. The molecule has 24 heavy (non-hydrogen) atoms. The molecule has 1 saturated heterocycles. The van der Waals surface area contributed by atoms with Gasteiger partial charge in [-0.1, -0.05) is 11.6 Å². The monoisotopic (exact) mass is 351 g/mol. The number of ether oxygens (including phenoxy) is 1. The second kappa shape index (κ2) is 6.16. The molecule has 0 saturated carbocycles. The third kappa shape index (κ3) is 3.29. The molecule has 1 aromatic carbocycles. The smallest absolute Gasteiger partial charge is 0.411 e. The van der Waals surface area contributed by atoms with E-state index in [-0.39, 0.29) is 11.9 Å². The Kier molecular flexibility index (Phi) is 4.34. The number of rotatable bonds is 1. The number of hydrogen-bond donors (Lipinski definition) is 1. The van der Waals surface area contributed by atoms with Gasteiger partial charge in [0.1, 0.15) is 11.8 Å². The van der Waals surface area contributed by atoms with E-state index in [1.807, 2.05) is 20.8 Å². The van der Waals surface area contributed by atoms with E-state index in [0.29, 0.717) is 29.0 Å². The average molecular weight is 352 g/mol. The van der Waals surface area contributed by atoms with Crippen molar-refractivity contribution in [2.75, 3.05) is 6.54 Å². The molecule has 0 radical (unpaired) electrons. The van der Waals surface area contributed by atoms with E-state index in [1.165, 1.54) is 0 Å². The molecule has 1 aliphatic rings. The number of carbonyl (C=O) groups excluding carboxylic acids is 1. The van der Waals surface area contributed by atoms with Crippen molar-refractivity contribution in [3.8, 4) is 0 Å². The fourth-order valence-electron chi connectivity index (χ4n) is 3.11. The molecule has 1 unspecified atom stereocenters. The summed E-state index contributed by atoms with van der Waals surface area (Å²) in [6.07, 6.45) is 1.79.